The van der Waals surface area contributed by atoms with Gasteiger partial charge in [-0.25, -0.2) is 8.42 Å². The molecule has 168 valence electrons. The predicted molar refractivity (Wildman–Crippen MR) is 119 cm³/mol. The molecule has 2 aromatic rings. The van der Waals surface area contributed by atoms with Gasteiger partial charge in [-0.2, -0.15) is 4.31 Å². The molecule has 0 aliphatic carbocycles. The number of methoxy groups -OCH3 is 1. The Balaban J connectivity index is 1.88. The van der Waals surface area contributed by atoms with Gasteiger partial charge in [-0.15, -0.1) is 0 Å². The molecule has 1 saturated heterocycles. The first-order valence-corrected chi connectivity index (χ1v) is 11.6. The molecule has 0 aromatic heterocycles. The van der Waals surface area contributed by atoms with E-state index in [0.717, 1.165) is 17.4 Å². The van der Waals surface area contributed by atoms with Gasteiger partial charge < -0.3 is 15.0 Å². The summed E-state index contributed by atoms with van der Waals surface area (Å²) in [7, 11) is -0.270. The molecule has 1 unspecified atom stereocenters. The van der Waals surface area contributed by atoms with Crippen LogP contribution >= 0.6 is 0 Å². The van der Waals surface area contributed by atoms with E-state index in [2.05, 4.69) is 5.32 Å². The van der Waals surface area contributed by atoms with Gasteiger partial charge in [0.2, 0.25) is 10.0 Å². The molecular formula is C21H28N4O5S. The standard InChI is InChI=1S/C21H28N4O5S/c1-4-19(16-5-7-17(30-3)8-6-16)22-20-10-9-18(15-21(20)25(26)27)31(28,29)24-13-11-23(2)12-14-24/h5-10,15,19,22H,4,11-14H2,1-3H3. The van der Waals surface area contributed by atoms with Gasteiger partial charge in [0.25, 0.3) is 5.69 Å². The molecule has 1 aliphatic rings. The maximum absolute atomic E-state index is 13.0. The van der Waals surface area contributed by atoms with E-state index in [-0.39, 0.29) is 22.3 Å². The second kappa shape index (κ2) is 9.63. The third kappa shape index (κ3) is 5.15. The highest BCUT2D eigenvalue weighted by Gasteiger charge is 2.30. The Hall–Kier alpha value is -2.69. The summed E-state index contributed by atoms with van der Waals surface area (Å²) in [5.41, 5.74) is 0.971. The van der Waals surface area contributed by atoms with Gasteiger partial charge in [0, 0.05) is 32.2 Å². The zero-order chi connectivity index (χ0) is 22.6. The number of likely N-dealkylation sites (N-methyl/N-ethyl adjacent to an activating group) is 1. The number of ether oxygens (including phenoxy) is 1. The van der Waals surface area contributed by atoms with Crippen LogP contribution in [0.5, 0.6) is 5.75 Å². The Morgan fingerprint density at radius 3 is 2.32 bits per heavy atom. The second-order valence-corrected chi connectivity index (χ2v) is 9.46. The van der Waals surface area contributed by atoms with Gasteiger partial charge in [-0.05, 0) is 43.3 Å². The minimum atomic E-state index is -3.79. The van der Waals surface area contributed by atoms with Crippen molar-refractivity contribution in [2.45, 2.75) is 24.3 Å². The fourth-order valence-corrected chi connectivity index (χ4v) is 5.01. The van der Waals surface area contributed by atoms with Crippen molar-refractivity contribution in [3.05, 3.63) is 58.1 Å². The van der Waals surface area contributed by atoms with E-state index in [9.17, 15) is 18.5 Å². The fourth-order valence-electron chi connectivity index (χ4n) is 3.57. The van der Waals surface area contributed by atoms with Gasteiger partial charge in [0.05, 0.1) is 23.0 Å². The Bertz CT molecular complexity index is 1020. The van der Waals surface area contributed by atoms with E-state index in [1.54, 1.807) is 7.11 Å². The highest BCUT2D eigenvalue weighted by molar-refractivity contribution is 7.89. The van der Waals surface area contributed by atoms with Crippen LogP contribution in [0.25, 0.3) is 0 Å². The number of nitro groups is 1. The van der Waals surface area contributed by atoms with Crippen LogP contribution in [0, 0.1) is 10.1 Å². The van der Waals surface area contributed by atoms with Crippen molar-refractivity contribution in [3.63, 3.8) is 0 Å². The zero-order valence-corrected chi connectivity index (χ0v) is 18.8. The van der Waals surface area contributed by atoms with Crippen LogP contribution in [0.1, 0.15) is 24.9 Å². The third-order valence-corrected chi connectivity index (χ3v) is 7.42. The molecule has 0 amide bonds. The molecule has 10 heteroatoms. The summed E-state index contributed by atoms with van der Waals surface area (Å²) >= 11 is 0. The van der Waals surface area contributed by atoms with E-state index >= 15 is 0 Å². The van der Waals surface area contributed by atoms with Crippen molar-refractivity contribution in [1.29, 1.82) is 0 Å². The summed E-state index contributed by atoms with van der Waals surface area (Å²) < 4.78 is 32.5. The van der Waals surface area contributed by atoms with Crippen LogP contribution in [0.15, 0.2) is 47.4 Å². The minimum absolute atomic E-state index is 0.0631. The van der Waals surface area contributed by atoms with Crippen LogP contribution in [0.4, 0.5) is 11.4 Å². The lowest BCUT2D eigenvalue weighted by molar-refractivity contribution is -0.384. The minimum Gasteiger partial charge on any atom is -0.497 e. The van der Waals surface area contributed by atoms with Crippen molar-refractivity contribution in [2.75, 3.05) is 45.7 Å². The third-order valence-electron chi connectivity index (χ3n) is 5.52. The number of nitro benzene ring substituents is 1. The Labute approximate surface area is 182 Å². The molecule has 3 rings (SSSR count). The topological polar surface area (TPSA) is 105 Å². The first-order valence-electron chi connectivity index (χ1n) is 10.1. The summed E-state index contributed by atoms with van der Waals surface area (Å²) in [5.74, 6) is 0.725. The molecule has 1 N–H and O–H groups in total. The van der Waals surface area contributed by atoms with E-state index in [1.165, 1.54) is 16.4 Å². The van der Waals surface area contributed by atoms with Crippen LogP contribution < -0.4 is 10.1 Å². The lowest BCUT2D eigenvalue weighted by Gasteiger charge is -2.31. The fraction of sp³-hybridized carbons (Fsp3) is 0.429. The van der Waals surface area contributed by atoms with E-state index in [4.69, 9.17) is 4.74 Å². The van der Waals surface area contributed by atoms with Crippen molar-refractivity contribution in [2.24, 2.45) is 0 Å². The van der Waals surface area contributed by atoms with Crippen molar-refractivity contribution in [1.82, 2.24) is 9.21 Å². The van der Waals surface area contributed by atoms with E-state index < -0.39 is 14.9 Å². The molecule has 0 spiro atoms. The predicted octanol–water partition coefficient (Wildman–Crippen LogP) is 3.10. The summed E-state index contributed by atoms with van der Waals surface area (Å²) in [6.45, 7) is 3.95. The van der Waals surface area contributed by atoms with Gasteiger partial charge in [-0.1, -0.05) is 19.1 Å². The molecule has 0 bridgehead atoms. The number of nitrogens with zero attached hydrogens (tertiary/aromatic N) is 3. The number of piperazine rings is 1. The Morgan fingerprint density at radius 2 is 1.77 bits per heavy atom. The molecule has 1 atom stereocenters. The molecule has 1 fully saturated rings. The smallest absolute Gasteiger partial charge is 0.293 e. The molecule has 1 heterocycles. The quantitative estimate of drug-likeness (QED) is 0.489. The second-order valence-electron chi connectivity index (χ2n) is 7.52. The lowest BCUT2D eigenvalue weighted by Crippen LogP contribution is -2.47. The van der Waals surface area contributed by atoms with Crippen LogP contribution in [0.3, 0.4) is 0 Å². The molecule has 0 saturated carbocycles. The largest absolute Gasteiger partial charge is 0.497 e. The average molecular weight is 449 g/mol. The SMILES string of the molecule is CCC(Nc1ccc(S(=O)(=O)N2CCN(C)CC2)cc1[N+](=O)[O-])c1ccc(OC)cc1. The van der Waals surface area contributed by atoms with Gasteiger partial charge in [-0.3, -0.25) is 10.1 Å². The number of anilines is 1. The normalized spacial score (nSPS) is 16.6. The van der Waals surface area contributed by atoms with Crippen molar-refractivity contribution >= 4 is 21.4 Å². The van der Waals surface area contributed by atoms with Crippen LogP contribution in [-0.2, 0) is 10.0 Å². The zero-order valence-electron chi connectivity index (χ0n) is 17.9. The molecular weight excluding hydrogens is 420 g/mol. The maximum Gasteiger partial charge on any atom is 0.293 e. The molecule has 1 aliphatic heterocycles. The monoisotopic (exact) mass is 448 g/mol. The maximum atomic E-state index is 13.0. The first kappa shape index (κ1) is 23.0. The van der Waals surface area contributed by atoms with E-state index in [0.29, 0.717) is 32.6 Å². The summed E-state index contributed by atoms with van der Waals surface area (Å²) in [4.78, 5) is 13.2. The van der Waals surface area contributed by atoms with Gasteiger partial charge in [0.15, 0.2) is 0 Å². The molecule has 2 aromatic carbocycles. The van der Waals surface area contributed by atoms with Gasteiger partial charge in [0.1, 0.15) is 11.4 Å². The number of sulfonamides is 1. The highest BCUT2D eigenvalue weighted by Crippen LogP contribution is 2.33. The highest BCUT2D eigenvalue weighted by atomic mass is 32.2. The first-order chi connectivity index (χ1) is 14.8. The van der Waals surface area contributed by atoms with Crippen LogP contribution in [0.2, 0.25) is 0 Å². The number of hydrogen-bond donors (Lipinski definition) is 1. The number of hydrogen-bond acceptors (Lipinski definition) is 7. The van der Waals surface area contributed by atoms with Crippen molar-refractivity contribution in [3.8, 4) is 5.75 Å². The van der Waals surface area contributed by atoms with Gasteiger partial charge >= 0.3 is 0 Å². The number of benzene rings is 2. The summed E-state index contributed by atoms with van der Waals surface area (Å²) in [6, 6.07) is 11.4. The average Bonchev–Trinajstić information content (AvgIpc) is 2.77. The molecule has 9 nitrogen and oxygen atoms in total. The number of nitrogens with one attached hydrogen (secondary N) is 1. The number of rotatable bonds is 8. The molecule has 0 radical (unpaired) electrons. The molecule has 31 heavy (non-hydrogen) atoms. The Kier molecular flexibility index (Phi) is 7.14. The Morgan fingerprint density at radius 1 is 1.13 bits per heavy atom. The summed E-state index contributed by atoms with van der Waals surface area (Å²) in [6.07, 6.45) is 0.685. The summed E-state index contributed by atoms with van der Waals surface area (Å²) in [5, 5.41) is 14.9. The lowest BCUT2D eigenvalue weighted by atomic mass is 10.0. The van der Waals surface area contributed by atoms with Crippen LogP contribution in [-0.4, -0.2) is 62.9 Å². The van der Waals surface area contributed by atoms with E-state index in [1.807, 2.05) is 43.1 Å². The van der Waals surface area contributed by atoms with Crippen molar-refractivity contribution < 1.29 is 18.1 Å².